The zero-order chi connectivity index (χ0) is 28.5. The summed E-state index contributed by atoms with van der Waals surface area (Å²) in [6, 6.07) is 6.35. The molecule has 0 radical (unpaired) electrons. The number of carboxylic acids is 1. The van der Waals surface area contributed by atoms with E-state index < -0.39 is 36.1 Å². The SMILES string of the molecule is COC(=O)[C@H](CCC(=O)N[C@@H]1CCc2ccccc21)NC(=O)[C@@H]1CCCN1C(=O)CN.O=C(O)C(F)(F)F. The number of hydrogen-bond donors (Lipinski definition) is 4. The van der Waals surface area contributed by atoms with Crippen LogP contribution < -0.4 is 16.4 Å². The minimum absolute atomic E-state index is 0.0378. The summed E-state index contributed by atoms with van der Waals surface area (Å²) < 4.78 is 36.5. The number of carboxylic acid groups (broad SMARTS) is 1. The zero-order valence-corrected chi connectivity index (χ0v) is 20.8. The molecule has 210 valence electrons. The first-order chi connectivity index (χ1) is 17.9. The zero-order valence-electron chi connectivity index (χ0n) is 20.8. The maximum absolute atomic E-state index is 12.7. The van der Waals surface area contributed by atoms with Crippen LogP contribution in [0.2, 0.25) is 0 Å². The van der Waals surface area contributed by atoms with Crippen LogP contribution in [-0.2, 0) is 35.1 Å². The van der Waals surface area contributed by atoms with Gasteiger partial charge in [-0.3, -0.25) is 14.4 Å². The number of nitrogens with zero attached hydrogens (tertiary/aromatic N) is 1. The van der Waals surface area contributed by atoms with Gasteiger partial charge in [0.05, 0.1) is 19.7 Å². The van der Waals surface area contributed by atoms with Crippen molar-refractivity contribution in [1.82, 2.24) is 15.5 Å². The van der Waals surface area contributed by atoms with E-state index in [1.165, 1.54) is 17.6 Å². The normalized spacial score (nSPS) is 18.9. The van der Waals surface area contributed by atoms with Crippen molar-refractivity contribution >= 4 is 29.7 Å². The largest absolute Gasteiger partial charge is 0.490 e. The Morgan fingerprint density at radius 2 is 1.84 bits per heavy atom. The molecule has 0 spiro atoms. The average Bonchev–Trinajstić information content (AvgIpc) is 3.53. The van der Waals surface area contributed by atoms with Gasteiger partial charge < -0.3 is 31.1 Å². The number of carbonyl (C=O) groups is 5. The Morgan fingerprint density at radius 1 is 1.18 bits per heavy atom. The predicted molar refractivity (Wildman–Crippen MR) is 126 cm³/mol. The van der Waals surface area contributed by atoms with Crippen molar-refractivity contribution < 1.29 is 47.0 Å². The van der Waals surface area contributed by atoms with Gasteiger partial charge in [0, 0.05) is 13.0 Å². The number of likely N-dealkylation sites (tertiary alicyclic amines) is 1. The Morgan fingerprint density at radius 3 is 2.45 bits per heavy atom. The standard InChI is InChI=1S/C22H30N4O5.C2HF3O2/c1-31-22(30)17(25-21(29)18-7-4-12-26(18)20(28)13-23)10-11-19(27)24-16-9-8-14-5-2-3-6-15(14)16;3-2(4,5)1(6)7/h2-3,5-6,16-18H,4,7-13,23H2,1H3,(H,24,27)(H,25,29);(H,6,7)/t16-,17+,18+;/m1./s1. The molecule has 0 aromatic heterocycles. The highest BCUT2D eigenvalue weighted by Gasteiger charge is 2.38. The van der Waals surface area contributed by atoms with Gasteiger partial charge in [-0.2, -0.15) is 13.2 Å². The summed E-state index contributed by atoms with van der Waals surface area (Å²) in [4.78, 5) is 59.7. The highest BCUT2D eigenvalue weighted by molar-refractivity contribution is 5.91. The van der Waals surface area contributed by atoms with Gasteiger partial charge in [-0.25, -0.2) is 9.59 Å². The lowest BCUT2D eigenvalue weighted by molar-refractivity contribution is -0.192. The average molecular weight is 545 g/mol. The first kappa shape index (κ1) is 30.5. The number of hydrogen-bond acceptors (Lipinski definition) is 7. The molecule has 0 saturated carbocycles. The van der Waals surface area contributed by atoms with Gasteiger partial charge >= 0.3 is 18.1 Å². The van der Waals surface area contributed by atoms with E-state index in [1.807, 2.05) is 18.2 Å². The Hall–Kier alpha value is -3.68. The molecular formula is C24H31F3N4O7. The maximum Gasteiger partial charge on any atom is 0.490 e. The summed E-state index contributed by atoms with van der Waals surface area (Å²) in [6.07, 6.45) is -1.95. The summed E-state index contributed by atoms with van der Waals surface area (Å²) >= 11 is 0. The fraction of sp³-hybridized carbons (Fsp3) is 0.542. The van der Waals surface area contributed by atoms with E-state index in [0.29, 0.717) is 19.4 Å². The first-order valence-corrected chi connectivity index (χ1v) is 11.9. The second kappa shape index (κ2) is 13.7. The third-order valence-electron chi connectivity index (χ3n) is 6.22. The lowest BCUT2D eigenvalue weighted by Gasteiger charge is -2.25. The van der Waals surface area contributed by atoms with Gasteiger partial charge in [0.15, 0.2) is 0 Å². The van der Waals surface area contributed by atoms with Crippen molar-refractivity contribution in [3.8, 4) is 0 Å². The molecule has 3 rings (SSSR count). The lowest BCUT2D eigenvalue weighted by Crippen LogP contribution is -2.52. The summed E-state index contributed by atoms with van der Waals surface area (Å²) in [5.41, 5.74) is 7.78. The third kappa shape index (κ3) is 8.43. The van der Waals surface area contributed by atoms with E-state index in [4.69, 9.17) is 20.4 Å². The second-order valence-electron chi connectivity index (χ2n) is 8.73. The number of aliphatic carboxylic acids is 1. The van der Waals surface area contributed by atoms with Crippen LogP contribution in [0.15, 0.2) is 24.3 Å². The number of halogens is 3. The summed E-state index contributed by atoms with van der Waals surface area (Å²) in [7, 11) is 1.23. The van der Waals surface area contributed by atoms with Crippen molar-refractivity contribution in [1.29, 1.82) is 0 Å². The number of nitrogens with one attached hydrogen (secondary N) is 2. The molecule has 0 bridgehead atoms. The van der Waals surface area contributed by atoms with E-state index in [1.54, 1.807) is 0 Å². The van der Waals surface area contributed by atoms with Gasteiger partial charge in [0.1, 0.15) is 12.1 Å². The summed E-state index contributed by atoms with van der Waals surface area (Å²) in [5, 5.41) is 12.8. The summed E-state index contributed by atoms with van der Waals surface area (Å²) in [5.74, 6) is -4.30. The number of ether oxygens (including phenoxy) is 1. The van der Waals surface area contributed by atoms with Crippen LogP contribution in [0.5, 0.6) is 0 Å². The van der Waals surface area contributed by atoms with E-state index in [9.17, 15) is 32.3 Å². The molecule has 1 aliphatic heterocycles. The molecule has 5 N–H and O–H groups in total. The number of esters is 1. The van der Waals surface area contributed by atoms with Gasteiger partial charge in [-0.1, -0.05) is 24.3 Å². The van der Waals surface area contributed by atoms with Crippen LogP contribution >= 0.6 is 0 Å². The van der Waals surface area contributed by atoms with Crippen LogP contribution in [0.4, 0.5) is 13.2 Å². The predicted octanol–water partition coefficient (Wildman–Crippen LogP) is 0.811. The highest BCUT2D eigenvalue weighted by atomic mass is 19.4. The Kier molecular flexibility index (Phi) is 11.0. The molecular weight excluding hydrogens is 513 g/mol. The van der Waals surface area contributed by atoms with Crippen LogP contribution in [0, 0.1) is 0 Å². The molecule has 1 saturated heterocycles. The number of aryl methyl sites for hydroxylation is 1. The number of amides is 3. The molecule has 1 fully saturated rings. The number of methoxy groups -OCH3 is 1. The van der Waals surface area contributed by atoms with Crippen molar-refractivity contribution in [3.63, 3.8) is 0 Å². The van der Waals surface area contributed by atoms with E-state index in [0.717, 1.165) is 18.4 Å². The topological polar surface area (TPSA) is 168 Å². The van der Waals surface area contributed by atoms with E-state index in [-0.39, 0.29) is 37.2 Å². The Labute approximate surface area is 216 Å². The van der Waals surface area contributed by atoms with E-state index in [2.05, 4.69) is 16.7 Å². The number of benzene rings is 1. The molecule has 3 amide bonds. The number of nitrogens with two attached hydrogens (primary N) is 1. The van der Waals surface area contributed by atoms with Crippen molar-refractivity contribution in [2.45, 2.75) is 62.8 Å². The molecule has 38 heavy (non-hydrogen) atoms. The van der Waals surface area contributed by atoms with Crippen LogP contribution in [0.1, 0.15) is 49.3 Å². The number of fused-ring (bicyclic) bond motifs is 1. The van der Waals surface area contributed by atoms with Crippen LogP contribution in [0.25, 0.3) is 0 Å². The molecule has 14 heteroatoms. The molecule has 11 nitrogen and oxygen atoms in total. The van der Waals surface area contributed by atoms with Gasteiger partial charge in [0.2, 0.25) is 17.7 Å². The molecule has 1 heterocycles. The second-order valence-corrected chi connectivity index (χ2v) is 8.73. The summed E-state index contributed by atoms with van der Waals surface area (Å²) in [6.45, 7) is 0.289. The molecule has 2 aliphatic rings. The van der Waals surface area contributed by atoms with Crippen molar-refractivity contribution in [2.24, 2.45) is 5.73 Å². The molecule has 1 aliphatic carbocycles. The Bertz CT molecular complexity index is 1030. The van der Waals surface area contributed by atoms with E-state index >= 15 is 0 Å². The lowest BCUT2D eigenvalue weighted by atomic mass is 10.1. The van der Waals surface area contributed by atoms with Crippen LogP contribution in [0.3, 0.4) is 0 Å². The smallest absolute Gasteiger partial charge is 0.475 e. The molecule has 1 aromatic rings. The van der Waals surface area contributed by atoms with Gasteiger partial charge in [-0.15, -0.1) is 0 Å². The molecule has 0 unspecified atom stereocenters. The quantitative estimate of drug-likeness (QED) is 0.349. The first-order valence-electron chi connectivity index (χ1n) is 11.9. The van der Waals surface area contributed by atoms with Gasteiger partial charge in [0.25, 0.3) is 0 Å². The number of carbonyl (C=O) groups excluding carboxylic acids is 4. The maximum atomic E-state index is 12.7. The van der Waals surface area contributed by atoms with Crippen LogP contribution in [-0.4, -0.2) is 78.1 Å². The van der Waals surface area contributed by atoms with Crippen molar-refractivity contribution in [2.75, 3.05) is 20.2 Å². The fourth-order valence-corrected chi connectivity index (χ4v) is 4.36. The number of rotatable bonds is 8. The molecule has 3 atom stereocenters. The van der Waals surface area contributed by atoms with Gasteiger partial charge in [-0.05, 0) is 43.2 Å². The monoisotopic (exact) mass is 544 g/mol. The third-order valence-corrected chi connectivity index (χ3v) is 6.22. The molecule has 1 aromatic carbocycles. The highest BCUT2D eigenvalue weighted by Crippen LogP contribution is 2.30. The van der Waals surface area contributed by atoms with Crippen molar-refractivity contribution in [3.05, 3.63) is 35.4 Å². The fourth-order valence-electron chi connectivity index (χ4n) is 4.36. The minimum atomic E-state index is -5.08. The Balaban J connectivity index is 0.000000638. The minimum Gasteiger partial charge on any atom is -0.475 e. The number of alkyl halides is 3.